The maximum Gasteiger partial charge on any atom is 0.124 e. The topological polar surface area (TPSA) is 35.2 Å². The van der Waals surface area contributed by atoms with Crippen LogP contribution in [0.2, 0.25) is 0 Å². The highest BCUT2D eigenvalue weighted by atomic mass is 16.5. The number of hydrogen-bond acceptors (Lipinski definition) is 2. The van der Waals surface area contributed by atoms with Crippen LogP contribution in [0.1, 0.15) is 52.1 Å². The Labute approximate surface area is 105 Å². The van der Waals surface area contributed by atoms with Gasteiger partial charge in [-0.2, -0.15) is 0 Å². The van der Waals surface area contributed by atoms with Gasteiger partial charge in [0.2, 0.25) is 0 Å². The van der Waals surface area contributed by atoms with Gasteiger partial charge in [0, 0.05) is 11.6 Å². The van der Waals surface area contributed by atoms with Crippen molar-refractivity contribution in [3.63, 3.8) is 0 Å². The van der Waals surface area contributed by atoms with Crippen LogP contribution in [0.5, 0.6) is 5.75 Å². The molecule has 0 aliphatic heterocycles. The molecule has 1 aromatic carbocycles. The molecule has 0 saturated carbocycles. The van der Waals surface area contributed by atoms with Crippen LogP contribution in [-0.2, 0) is 0 Å². The predicted molar refractivity (Wildman–Crippen MR) is 73.2 cm³/mol. The predicted octanol–water partition coefficient (Wildman–Crippen LogP) is 3.91. The summed E-state index contributed by atoms with van der Waals surface area (Å²) >= 11 is 0. The molecule has 2 N–H and O–H groups in total. The van der Waals surface area contributed by atoms with E-state index in [1.807, 2.05) is 31.2 Å². The summed E-state index contributed by atoms with van der Waals surface area (Å²) in [6.07, 6.45) is 2.25. The first-order chi connectivity index (χ1) is 7.90. The fourth-order valence-corrected chi connectivity index (χ4v) is 1.77. The van der Waals surface area contributed by atoms with Crippen molar-refractivity contribution in [2.45, 2.75) is 46.6 Å². The van der Waals surface area contributed by atoms with Gasteiger partial charge in [0.1, 0.15) is 5.75 Å². The Balaban J connectivity index is 2.47. The van der Waals surface area contributed by atoms with E-state index in [-0.39, 0.29) is 6.04 Å². The van der Waals surface area contributed by atoms with Gasteiger partial charge in [-0.3, -0.25) is 0 Å². The van der Waals surface area contributed by atoms with Crippen molar-refractivity contribution in [1.82, 2.24) is 0 Å². The van der Waals surface area contributed by atoms with Gasteiger partial charge in [-0.15, -0.1) is 0 Å². The lowest BCUT2D eigenvalue weighted by atomic mass is 9.91. The Morgan fingerprint density at radius 1 is 1.24 bits per heavy atom. The Morgan fingerprint density at radius 2 is 1.88 bits per heavy atom. The SMILES string of the molecule is CC(N)c1ccccc1OCCCC(C)(C)C. The molecule has 0 aliphatic carbocycles. The first kappa shape index (κ1) is 14.0. The van der Waals surface area contributed by atoms with E-state index in [1.54, 1.807) is 0 Å². The van der Waals surface area contributed by atoms with Gasteiger partial charge in [-0.1, -0.05) is 39.0 Å². The molecule has 1 unspecified atom stereocenters. The van der Waals surface area contributed by atoms with Crippen LogP contribution in [0.15, 0.2) is 24.3 Å². The minimum Gasteiger partial charge on any atom is -0.493 e. The first-order valence-electron chi connectivity index (χ1n) is 6.37. The average Bonchev–Trinajstić information content (AvgIpc) is 2.23. The summed E-state index contributed by atoms with van der Waals surface area (Å²) in [5.41, 5.74) is 7.37. The van der Waals surface area contributed by atoms with E-state index < -0.39 is 0 Å². The fourth-order valence-electron chi connectivity index (χ4n) is 1.77. The molecule has 96 valence electrons. The molecule has 2 heteroatoms. The summed E-state index contributed by atoms with van der Waals surface area (Å²) in [6, 6.07) is 8.04. The number of para-hydroxylation sites is 1. The van der Waals surface area contributed by atoms with Crippen LogP contribution in [-0.4, -0.2) is 6.61 Å². The molecule has 1 rings (SSSR count). The molecule has 0 heterocycles. The molecule has 0 spiro atoms. The highest BCUT2D eigenvalue weighted by Crippen LogP contribution is 2.24. The third-order valence-electron chi connectivity index (χ3n) is 2.74. The van der Waals surface area contributed by atoms with Crippen molar-refractivity contribution >= 4 is 0 Å². The van der Waals surface area contributed by atoms with Gasteiger partial charge in [-0.05, 0) is 31.2 Å². The molecule has 2 nitrogen and oxygen atoms in total. The largest absolute Gasteiger partial charge is 0.493 e. The minimum absolute atomic E-state index is 0.0221. The standard InChI is InChI=1S/C15H25NO/c1-12(16)13-8-5-6-9-14(13)17-11-7-10-15(2,3)4/h5-6,8-9,12H,7,10-11,16H2,1-4H3. The normalized spacial score (nSPS) is 13.5. The van der Waals surface area contributed by atoms with E-state index in [0.29, 0.717) is 5.41 Å². The number of nitrogens with two attached hydrogens (primary N) is 1. The molecule has 0 radical (unpaired) electrons. The minimum atomic E-state index is 0.0221. The van der Waals surface area contributed by atoms with E-state index in [1.165, 1.54) is 6.42 Å². The molecule has 0 saturated heterocycles. The highest BCUT2D eigenvalue weighted by molar-refractivity contribution is 5.35. The zero-order valence-electron chi connectivity index (χ0n) is 11.5. The molecule has 1 atom stereocenters. The second-order valence-corrected chi connectivity index (χ2v) is 5.84. The molecule has 0 bridgehead atoms. The Morgan fingerprint density at radius 3 is 2.47 bits per heavy atom. The molecule has 0 aliphatic rings. The number of benzene rings is 1. The van der Waals surface area contributed by atoms with Crippen LogP contribution in [0.3, 0.4) is 0 Å². The maximum atomic E-state index is 5.91. The molecular weight excluding hydrogens is 210 g/mol. The first-order valence-corrected chi connectivity index (χ1v) is 6.37. The summed E-state index contributed by atoms with van der Waals surface area (Å²) in [6.45, 7) is 9.51. The van der Waals surface area contributed by atoms with E-state index in [9.17, 15) is 0 Å². The van der Waals surface area contributed by atoms with Gasteiger partial charge in [0.05, 0.1) is 6.61 Å². The van der Waals surface area contributed by atoms with E-state index in [2.05, 4.69) is 20.8 Å². The summed E-state index contributed by atoms with van der Waals surface area (Å²) in [7, 11) is 0. The van der Waals surface area contributed by atoms with Gasteiger partial charge in [0.15, 0.2) is 0 Å². The van der Waals surface area contributed by atoms with Gasteiger partial charge >= 0.3 is 0 Å². The van der Waals surface area contributed by atoms with Gasteiger partial charge in [-0.25, -0.2) is 0 Å². The molecule has 17 heavy (non-hydrogen) atoms. The Hall–Kier alpha value is -1.02. The second-order valence-electron chi connectivity index (χ2n) is 5.84. The Kier molecular flexibility index (Phi) is 5.01. The summed E-state index contributed by atoms with van der Waals surface area (Å²) in [5, 5.41) is 0. The van der Waals surface area contributed by atoms with Crippen LogP contribution in [0.4, 0.5) is 0 Å². The zero-order valence-corrected chi connectivity index (χ0v) is 11.5. The average molecular weight is 235 g/mol. The zero-order chi connectivity index (χ0) is 12.9. The Bertz CT molecular complexity index is 339. The quantitative estimate of drug-likeness (QED) is 0.785. The molecular formula is C15H25NO. The van der Waals surface area contributed by atoms with Crippen LogP contribution < -0.4 is 10.5 Å². The third-order valence-corrected chi connectivity index (χ3v) is 2.74. The molecule has 0 amide bonds. The summed E-state index contributed by atoms with van der Waals surface area (Å²) < 4.78 is 5.81. The van der Waals surface area contributed by atoms with Gasteiger partial charge in [0.25, 0.3) is 0 Å². The second kappa shape index (κ2) is 6.06. The number of ether oxygens (including phenoxy) is 1. The summed E-state index contributed by atoms with van der Waals surface area (Å²) in [5.74, 6) is 0.927. The number of hydrogen-bond donors (Lipinski definition) is 1. The van der Waals surface area contributed by atoms with E-state index in [0.717, 1.165) is 24.3 Å². The van der Waals surface area contributed by atoms with Crippen molar-refractivity contribution in [2.24, 2.45) is 11.1 Å². The lowest BCUT2D eigenvalue weighted by molar-refractivity contribution is 0.266. The lowest BCUT2D eigenvalue weighted by Gasteiger charge is -2.18. The summed E-state index contributed by atoms with van der Waals surface area (Å²) in [4.78, 5) is 0. The van der Waals surface area contributed by atoms with Crippen LogP contribution >= 0.6 is 0 Å². The van der Waals surface area contributed by atoms with E-state index >= 15 is 0 Å². The monoisotopic (exact) mass is 235 g/mol. The van der Waals surface area contributed by atoms with Crippen molar-refractivity contribution < 1.29 is 4.74 Å². The maximum absolute atomic E-state index is 5.91. The van der Waals surface area contributed by atoms with Crippen molar-refractivity contribution in [3.8, 4) is 5.75 Å². The molecule has 1 aromatic rings. The highest BCUT2D eigenvalue weighted by Gasteiger charge is 2.10. The van der Waals surface area contributed by atoms with E-state index in [4.69, 9.17) is 10.5 Å². The fraction of sp³-hybridized carbons (Fsp3) is 0.600. The van der Waals surface area contributed by atoms with Crippen molar-refractivity contribution in [1.29, 1.82) is 0 Å². The molecule has 0 aromatic heterocycles. The van der Waals surface area contributed by atoms with Crippen molar-refractivity contribution in [3.05, 3.63) is 29.8 Å². The number of rotatable bonds is 5. The van der Waals surface area contributed by atoms with Crippen molar-refractivity contribution in [2.75, 3.05) is 6.61 Å². The van der Waals surface area contributed by atoms with Crippen LogP contribution in [0, 0.1) is 5.41 Å². The lowest BCUT2D eigenvalue weighted by Crippen LogP contribution is -2.10. The molecule has 0 fully saturated rings. The van der Waals surface area contributed by atoms with Gasteiger partial charge < -0.3 is 10.5 Å². The smallest absolute Gasteiger partial charge is 0.124 e. The van der Waals surface area contributed by atoms with Crippen LogP contribution in [0.25, 0.3) is 0 Å². The third kappa shape index (κ3) is 5.22.